The third kappa shape index (κ3) is 5.98. The molecule has 1 aromatic rings. The van der Waals surface area contributed by atoms with E-state index >= 15 is 0 Å². The number of hydrogen-bond donors (Lipinski definition) is 1. The lowest BCUT2D eigenvalue weighted by Crippen LogP contribution is -2.35. The predicted molar refractivity (Wildman–Crippen MR) is 82.3 cm³/mol. The van der Waals surface area contributed by atoms with E-state index in [1.54, 1.807) is 0 Å². The van der Waals surface area contributed by atoms with Crippen molar-refractivity contribution in [3.8, 4) is 0 Å². The highest BCUT2D eigenvalue weighted by Crippen LogP contribution is 2.14. The summed E-state index contributed by atoms with van der Waals surface area (Å²) in [6.07, 6.45) is 1.28. The van der Waals surface area contributed by atoms with Gasteiger partial charge in [0.25, 0.3) is 0 Å². The van der Waals surface area contributed by atoms with Gasteiger partial charge in [-0.25, -0.2) is 0 Å². The molecule has 0 aromatic carbocycles. The normalized spacial score (nSPS) is 13.5. The van der Waals surface area contributed by atoms with Gasteiger partial charge in [0, 0.05) is 35.4 Å². The van der Waals surface area contributed by atoms with Crippen LogP contribution in [0.5, 0.6) is 0 Å². The van der Waals surface area contributed by atoms with Gasteiger partial charge >= 0.3 is 0 Å². The lowest BCUT2D eigenvalue weighted by Gasteiger charge is -2.26. The summed E-state index contributed by atoms with van der Waals surface area (Å²) in [4.78, 5) is 5.28. The minimum Gasteiger partial charge on any atom is -0.311 e. The Morgan fingerprint density at radius 2 is 2.00 bits per heavy atom. The van der Waals surface area contributed by atoms with Crippen LogP contribution in [0, 0.1) is 12.8 Å². The molecule has 0 fully saturated rings. The summed E-state index contributed by atoms with van der Waals surface area (Å²) in [6.45, 7) is 12.3. The van der Waals surface area contributed by atoms with Crippen LogP contribution in [-0.4, -0.2) is 31.1 Å². The van der Waals surface area contributed by atoms with Crippen molar-refractivity contribution in [1.29, 1.82) is 0 Å². The average Bonchev–Trinajstić information content (AvgIpc) is 2.69. The van der Waals surface area contributed by atoms with E-state index in [9.17, 15) is 0 Å². The van der Waals surface area contributed by atoms with Crippen molar-refractivity contribution in [1.82, 2.24) is 10.2 Å². The minimum absolute atomic E-state index is 0.677. The van der Waals surface area contributed by atoms with Crippen LogP contribution in [0.3, 0.4) is 0 Å². The van der Waals surface area contributed by atoms with E-state index in [4.69, 9.17) is 0 Å². The van der Waals surface area contributed by atoms with Gasteiger partial charge in [-0.15, -0.1) is 11.3 Å². The predicted octanol–water partition coefficient (Wildman–Crippen LogP) is 3.51. The van der Waals surface area contributed by atoms with E-state index < -0.39 is 0 Å². The molecule has 1 unspecified atom stereocenters. The molecule has 1 heterocycles. The Hall–Kier alpha value is -0.380. The van der Waals surface area contributed by atoms with Crippen LogP contribution >= 0.6 is 11.3 Å². The van der Waals surface area contributed by atoms with E-state index in [-0.39, 0.29) is 0 Å². The van der Waals surface area contributed by atoms with Crippen molar-refractivity contribution in [2.75, 3.05) is 20.1 Å². The first-order chi connectivity index (χ1) is 8.49. The molecule has 3 heteroatoms. The number of rotatable bonds is 8. The van der Waals surface area contributed by atoms with Crippen molar-refractivity contribution in [3.63, 3.8) is 0 Å². The lowest BCUT2D eigenvalue weighted by molar-refractivity contribution is 0.228. The van der Waals surface area contributed by atoms with Gasteiger partial charge in [-0.3, -0.25) is 0 Å². The Morgan fingerprint density at radius 1 is 1.28 bits per heavy atom. The third-order valence-corrected chi connectivity index (χ3v) is 4.30. The van der Waals surface area contributed by atoms with Gasteiger partial charge in [0.2, 0.25) is 0 Å². The highest BCUT2D eigenvalue weighted by molar-refractivity contribution is 7.11. The summed E-state index contributed by atoms with van der Waals surface area (Å²) >= 11 is 1.89. The maximum atomic E-state index is 3.52. The molecular weight excluding hydrogens is 240 g/mol. The molecule has 0 saturated carbocycles. The van der Waals surface area contributed by atoms with Gasteiger partial charge in [0.15, 0.2) is 0 Å². The van der Waals surface area contributed by atoms with Gasteiger partial charge in [0.1, 0.15) is 0 Å². The zero-order chi connectivity index (χ0) is 13.5. The Bertz CT molecular complexity index is 333. The van der Waals surface area contributed by atoms with Gasteiger partial charge in [-0.05, 0) is 45.4 Å². The monoisotopic (exact) mass is 268 g/mol. The Labute approximate surface area is 116 Å². The zero-order valence-electron chi connectivity index (χ0n) is 12.5. The van der Waals surface area contributed by atoms with E-state index in [0.717, 1.165) is 25.6 Å². The fourth-order valence-corrected chi connectivity index (χ4v) is 2.99. The van der Waals surface area contributed by atoms with Crippen molar-refractivity contribution < 1.29 is 0 Å². The highest BCUT2D eigenvalue weighted by Gasteiger charge is 2.10. The molecular formula is C15H28N2S. The zero-order valence-corrected chi connectivity index (χ0v) is 13.3. The van der Waals surface area contributed by atoms with Crippen molar-refractivity contribution >= 4 is 11.3 Å². The smallest absolute Gasteiger partial charge is 0.0300 e. The Kier molecular flexibility index (Phi) is 6.90. The number of hydrogen-bond acceptors (Lipinski definition) is 3. The molecule has 0 aliphatic rings. The molecule has 0 saturated heterocycles. The van der Waals surface area contributed by atoms with Crippen LogP contribution in [0.15, 0.2) is 12.1 Å². The van der Waals surface area contributed by atoms with Crippen LogP contribution in [0.25, 0.3) is 0 Å². The van der Waals surface area contributed by atoms with Crippen LogP contribution in [0.2, 0.25) is 0 Å². The number of aryl methyl sites for hydroxylation is 1. The van der Waals surface area contributed by atoms with Crippen LogP contribution in [-0.2, 0) is 6.54 Å². The van der Waals surface area contributed by atoms with Crippen molar-refractivity contribution in [3.05, 3.63) is 21.9 Å². The SMILES string of the molecule is Cc1ccc(CNCCN(C)C(C)CC(C)C)s1. The van der Waals surface area contributed by atoms with Gasteiger partial charge < -0.3 is 10.2 Å². The second-order valence-electron chi connectivity index (χ2n) is 5.65. The topological polar surface area (TPSA) is 15.3 Å². The number of likely N-dealkylation sites (N-methyl/N-ethyl adjacent to an activating group) is 1. The van der Waals surface area contributed by atoms with Gasteiger partial charge in [0.05, 0.1) is 0 Å². The molecule has 0 spiro atoms. The molecule has 1 atom stereocenters. The van der Waals surface area contributed by atoms with E-state index in [1.807, 2.05) is 11.3 Å². The molecule has 1 aromatic heterocycles. The maximum Gasteiger partial charge on any atom is 0.0300 e. The average molecular weight is 268 g/mol. The first-order valence-corrected chi connectivity index (χ1v) is 7.77. The summed E-state index contributed by atoms with van der Waals surface area (Å²) in [5.74, 6) is 0.782. The van der Waals surface area contributed by atoms with E-state index in [1.165, 1.54) is 16.2 Å². The largest absolute Gasteiger partial charge is 0.311 e. The van der Waals surface area contributed by atoms with E-state index in [0.29, 0.717) is 6.04 Å². The number of nitrogens with one attached hydrogen (secondary N) is 1. The Balaban J connectivity index is 2.13. The molecule has 1 rings (SSSR count). The van der Waals surface area contributed by atoms with Gasteiger partial charge in [-0.1, -0.05) is 13.8 Å². The van der Waals surface area contributed by atoms with Crippen molar-refractivity contribution in [2.24, 2.45) is 5.92 Å². The summed E-state index contributed by atoms with van der Waals surface area (Å²) in [6, 6.07) is 5.09. The first kappa shape index (κ1) is 15.7. The van der Waals surface area contributed by atoms with Crippen LogP contribution < -0.4 is 5.32 Å². The van der Waals surface area contributed by atoms with E-state index in [2.05, 4.69) is 57.1 Å². The quantitative estimate of drug-likeness (QED) is 0.726. The molecule has 0 aliphatic carbocycles. The standard InChI is InChI=1S/C15H28N2S/c1-12(2)10-13(3)17(5)9-8-16-11-15-7-6-14(4)18-15/h6-7,12-13,16H,8-11H2,1-5H3. The van der Waals surface area contributed by atoms with Crippen molar-refractivity contribution in [2.45, 2.75) is 46.7 Å². The van der Waals surface area contributed by atoms with Crippen LogP contribution in [0.4, 0.5) is 0 Å². The second kappa shape index (κ2) is 7.93. The first-order valence-electron chi connectivity index (χ1n) is 6.95. The third-order valence-electron chi connectivity index (χ3n) is 3.30. The number of thiophene rings is 1. The molecule has 104 valence electrons. The molecule has 0 aliphatic heterocycles. The fraction of sp³-hybridized carbons (Fsp3) is 0.733. The van der Waals surface area contributed by atoms with Gasteiger partial charge in [-0.2, -0.15) is 0 Å². The second-order valence-corrected chi connectivity index (χ2v) is 7.02. The number of nitrogens with zero attached hydrogens (tertiary/aromatic N) is 1. The highest BCUT2D eigenvalue weighted by atomic mass is 32.1. The molecule has 0 amide bonds. The minimum atomic E-state index is 0.677. The molecule has 0 radical (unpaired) electrons. The lowest BCUT2D eigenvalue weighted by atomic mass is 10.0. The summed E-state index contributed by atoms with van der Waals surface area (Å²) < 4.78 is 0. The molecule has 1 N–H and O–H groups in total. The summed E-state index contributed by atoms with van der Waals surface area (Å²) in [7, 11) is 2.23. The van der Waals surface area contributed by atoms with Crippen LogP contribution in [0.1, 0.15) is 36.9 Å². The fourth-order valence-electron chi connectivity index (χ4n) is 2.13. The molecule has 0 bridgehead atoms. The maximum absolute atomic E-state index is 3.52. The molecule has 18 heavy (non-hydrogen) atoms. The summed E-state index contributed by atoms with van der Waals surface area (Å²) in [5.41, 5.74) is 0. The summed E-state index contributed by atoms with van der Waals surface area (Å²) in [5, 5.41) is 3.52. The Morgan fingerprint density at radius 3 is 2.56 bits per heavy atom. The molecule has 2 nitrogen and oxygen atoms in total.